The van der Waals surface area contributed by atoms with E-state index in [1.165, 1.54) is 17.0 Å². The van der Waals surface area contributed by atoms with Gasteiger partial charge in [0.2, 0.25) is 0 Å². The molecule has 128 valence electrons. The van der Waals surface area contributed by atoms with E-state index in [-0.39, 0.29) is 20.9 Å². The van der Waals surface area contributed by atoms with Crippen LogP contribution < -0.4 is 5.56 Å². The minimum atomic E-state index is -0.573. The monoisotopic (exact) mass is 410 g/mol. The van der Waals surface area contributed by atoms with E-state index in [9.17, 15) is 9.59 Å². The van der Waals surface area contributed by atoms with Crippen LogP contribution in [-0.2, 0) is 12.8 Å². The van der Waals surface area contributed by atoms with Crippen LogP contribution >= 0.6 is 46.8 Å². The number of benzene rings is 1. The van der Waals surface area contributed by atoms with E-state index < -0.39 is 5.91 Å². The normalized spacial score (nSPS) is 13.8. The zero-order valence-corrected chi connectivity index (χ0v) is 16.0. The molecule has 1 aliphatic rings. The number of nitrogens with one attached hydrogen (secondary N) is 1. The Morgan fingerprint density at radius 1 is 1.24 bits per heavy atom. The van der Waals surface area contributed by atoms with Crippen molar-refractivity contribution < 1.29 is 4.79 Å². The van der Waals surface area contributed by atoms with Gasteiger partial charge in [0.25, 0.3) is 11.5 Å². The van der Waals surface area contributed by atoms with E-state index in [2.05, 4.69) is 4.98 Å². The van der Waals surface area contributed by atoms with E-state index in [0.29, 0.717) is 10.4 Å². The lowest BCUT2D eigenvalue weighted by atomic mass is 9.97. The largest absolute Gasteiger partial charge is 0.323 e. The minimum absolute atomic E-state index is 0.0668. The molecular formula is C17H12Cl2N2O2S2. The Hall–Kier alpha value is -1.47. The predicted molar refractivity (Wildman–Crippen MR) is 104 cm³/mol. The first-order chi connectivity index (χ1) is 12.0. The summed E-state index contributed by atoms with van der Waals surface area (Å²) < 4.78 is 1.05. The molecule has 25 heavy (non-hydrogen) atoms. The van der Waals surface area contributed by atoms with Crippen LogP contribution in [0.3, 0.4) is 0 Å². The van der Waals surface area contributed by atoms with Gasteiger partial charge in [-0.05, 0) is 61.7 Å². The molecule has 4 nitrogen and oxygen atoms in total. The fraction of sp³-hybridized carbons (Fsp3) is 0.235. The Balaban J connectivity index is 1.99. The van der Waals surface area contributed by atoms with Gasteiger partial charge in [0.05, 0.1) is 16.0 Å². The third kappa shape index (κ3) is 2.77. The molecule has 1 aliphatic carbocycles. The van der Waals surface area contributed by atoms with Crippen molar-refractivity contribution in [3.63, 3.8) is 0 Å². The van der Waals surface area contributed by atoms with Gasteiger partial charge in [-0.3, -0.25) is 9.59 Å². The molecule has 0 spiro atoms. The summed E-state index contributed by atoms with van der Waals surface area (Å²) in [6.45, 7) is 0. The molecule has 0 unspecified atom stereocenters. The van der Waals surface area contributed by atoms with Crippen molar-refractivity contribution in [2.45, 2.75) is 25.7 Å². The molecule has 0 radical (unpaired) electrons. The zero-order valence-electron chi connectivity index (χ0n) is 12.9. The van der Waals surface area contributed by atoms with Crippen molar-refractivity contribution in [1.29, 1.82) is 0 Å². The van der Waals surface area contributed by atoms with Crippen molar-refractivity contribution in [3.8, 4) is 0 Å². The van der Waals surface area contributed by atoms with Gasteiger partial charge in [-0.15, -0.1) is 11.3 Å². The molecule has 0 saturated heterocycles. The Labute approximate surface area is 162 Å². The number of carbonyl (C=O) groups is 1. The lowest BCUT2D eigenvalue weighted by Crippen LogP contribution is -2.29. The van der Waals surface area contributed by atoms with Crippen molar-refractivity contribution in [1.82, 2.24) is 9.55 Å². The Kier molecular flexibility index (Phi) is 4.32. The summed E-state index contributed by atoms with van der Waals surface area (Å²) in [4.78, 5) is 31.0. The van der Waals surface area contributed by atoms with Gasteiger partial charge < -0.3 is 4.98 Å². The first-order valence-corrected chi connectivity index (χ1v) is 9.75. The highest BCUT2D eigenvalue weighted by Crippen LogP contribution is 2.33. The van der Waals surface area contributed by atoms with Crippen LogP contribution in [0.5, 0.6) is 0 Å². The number of aromatic amines is 1. The van der Waals surface area contributed by atoms with Crippen LogP contribution in [-0.4, -0.2) is 15.5 Å². The smallest absolute Gasteiger partial charge is 0.270 e. The number of hydrogen-bond donors (Lipinski definition) is 1. The number of fused-ring (bicyclic) bond motifs is 3. The third-order valence-corrected chi connectivity index (χ3v) is 6.43. The molecular weight excluding hydrogens is 399 g/mol. The summed E-state index contributed by atoms with van der Waals surface area (Å²) in [6.07, 6.45) is 3.97. The standard InChI is InChI=1S/C17H12Cl2N2O2S2/c18-8-5-6-11(19)10(7-8)15(22)21-16(23)13-9-3-1-2-4-12(9)25-14(13)20-17(21)24/h5-7H,1-4H2,(H,20,24). The van der Waals surface area contributed by atoms with Crippen molar-refractivity contribution in [3.05, 3.63) is 59.4 Å². The van der Waals surface area contributed by atoms with Gasteiger partial charge in [-0.25, -0.2) is 4.57 Å². The first kappa shape index (κ1) is 17.0. The maximum atomic E-state index is 13.1. The number of halogens is 2. The Morgan fingerprint density at radius 3 is 2.80 bits per heavy atom. The molecule has 0 aliphatic heterocycles. The van der Waals surface area contributed by atoms with Crippen LogP contribution in [0.2, 0.25) is 10.0 Å². The molecule has 3 aromatic rings. The number of rotatable bonds is 1. The summed E-state index contributed by atoms with van der Waals surface area (Å²) in [5, 5.41) is 1.16. The van der Waals surface area contributed by atoms with E-state index >= 15 is 0 Å². The summed E-state index contributed by atoms with van der Waals surface area (Å²) in [6, 6.07) is 4.56. The fourth-order valence-corrected chi connectivity index (χ4v) is 5.19. The number of thiophene rings is 1. The predicted octanol–water partition coefficient (Wildman–Crippen LogP) is 4.99. The SMILES string of the molecule is O=C(c1cc(Cl)ccc1Cl)n1c(=S)[nH]c2sc3c(c2c1=O)CCCC3. The summed E-state index contributed by atoms with van der Waals surface area (Å²) >= 11 is 18.9. The quantitative estimate of drug-likeness (QED) is 0.574. The van der Waals surface area contributed by atoms with E-state index in [1.807, 2.05) is 0 Å². The third-order valence-electron chi connectivity index (χ3n) is 4.37. The van der Waals surface area contributed by atoms with Gasteiger partial charge in [0.15, 0.2) is 4.77 Å². The number of H-pyrrole nitrogens is 1. The molecule has 4 rings (SSSR count). The second-order valence-corrected chi connectivity index (χ2v) is 8.25. The Morgan fingerprint density at radius 2 is 2.00 bits per heavy atom. The van der Waals surface area contributed by atoms with Crippen molar-refractivity contribution in [2.24, 2.45) is 0 Å². The summed E-state index contributed by atoms with van der Waals surface area (Å²) in [5.41, 5.74) is 0.805. The molecule has 2 heterocycles. The second kappa shape index (κ2) is 6.36. The second-order valence-electron chi connectivity index (χ2n) is 5.92. The maximum absolute atomic E-state index is 13.1. The number of carbonyl (C=O) groups excluding carboxylic acids is 1. The highest BCUT2D eigenvalue weighted by molar-refractivity contribution is 7.71. The molecule has 0 fully saturated rings. The number of nitrogens with zero attached hydrogens (tertiary/aromatic N) is 1. The first-order valence-electron chi connectivity index (χ1n) is 7.76. The van der Waals surface area contributed by atoms with E-state index in [0.717, 1.165) is 40.6 Å². The van der Waals surface area contributed by atoms with Gasteiger partial charge >= 0.3 is 0 Å². The fourth-order valence-electron chi connectivity index (χ4n) is 3.20. The number of aromatic nitrogens is 2. The topological polar surface area (TPSA) is 54.9 Å². The van der Waals surface area contributed by atoms with Crippen molar-refractivity contribution in [2.75, 3.05) is 0 Å². The summed E-state index contributed by atoms with van der Waals surface area (Å²) in [5.74, 6) is -0.573. The molecule has 0 saturated carbocycles. The average Bonchev–Trinajstić information content (AvgIpc) is 2.95. The van der Waals surface area contributed by atoms with Gasteiger partial charge in [0, 0.05) is 9.90 Å². The molecule has 1 N–H and O–H groups in total. The van der Waals surface area contributed by atoms with Crippen LogP contribution in [0.1, 0.15) is 33.6 Å². The van der Waals surface area contributed by atoms with Crippen LogP contribution in [0.25, 0.3) is 10.2 Å². The van der Waals surface area contributed by atoms with E-state index in [4.69, 9.17) is 35.4 Å². The zero-order chi connectivity index (χ0) is 17.7. The summed E-state index contributed by atoms with van der Waals surface area (Å²) in [7, 11) is 0. The van der Waals surface area contributed by atoms with Gasteiger partial charge in [0.1, 0.15) is 4.83 Å². The van der Waals surface area contributed by atoms with Crippen LogP contribution in [0, 0.1) is 4.77 Å². The minimum Gasteiger partial charge on any atom is -0.323 e. The molecule has 0 bridgehead atoms. The van der Waals surface area contributed by atoms with Crippen LogP contribution in [0.4, 0.5) is 0 Å². The van der Waals surface area contributed by atoms with Crippen LogP contribution in [0.15, 0.2) is 23.0 Å². The van der Waals surface area contributed by atoms with Crippen molar-refractivity contribution >= 4 is 62.9 Å². The lowest BCUT2D eigenvalue weighted by molar-refractivity contribution is 0.0954. The highest BCUT2D eigenvalue weighted by Gasteiger charge is 2.23. The number of hydrogen-bond acceptors (Lipinski definition) is 4. The molecule has 1 aromatic carbocycles. The van der Waals surface area contributed by atoms with E-state index in [1.54, 1.807) is 17.4 Å². The van der Waals surface area contributed by atoms with Gasteiger partial charge in [-0.1, -0.05) is 23.2 Å². The van der Waals surface area contributed by atoms with Gasteiger partial charge in [-0.2, -0.15) is 0 Å². The number of aryl methyl sites for hydroxylation is 2. The highest BCUT2D eigenvalue weighted by atomic mass is 35.5. The molecule has 8 heteroatoms. The maximum Gasteiger partial charge on any atom is 0.270 e. The average molecular weight is 411 g/mol. The molecule has 0 atom stereocenters. The molecule has 2 aromatic heterocycles. The Bertz CT molecular complexity index is 1140. The lowest BCUT2D eigenvalue weighted by Gasteiger charge is -2.11. The molecule has 0 amide bonds.